The Balaban J connectivity index is 1.54. The van der Waals surface area contributed by atoms with Crippen molar-refractivity contribution >= 4 is 24.7 Å². The summed E-state index contributed by atoms with van der Waals surface area (Å²) < 4.78 is 3.13. The predicted molar refractivity (Wildman–Crippen MR) is 80.6 cm³/mol. The summed E-state index contributed by atoms with van der Waals surface area (Å²) in [6.45, 7) is 0. The summed E-state index contributed by atoms with van der Waals surface area (Å²) in [5.41, 5.74) is 1.49. The molecule has 0 saturated heterocycles. The molecule has 2 aromatic rings. The van der Waals surface area contributed by atoms with Gasteiger partial charge in [0.25, 0.3) is 0 Å². The number of unbranched alkanes of at least 4 members (excludes halogenated alkanes) is 2. The van der Waals surface area contributed by atoms with Crippen molar-refractivity contribution in [1.82, 2.24) is 0 Å². The minimum atomic E-state index is -0.278. The molecule has 0 nitrogen and oxygen atoms in total. The second-order valence-corrected chi connectivity index (χ2v) is 8.67. The molecule has 0 radical (unpaired) electrons. The Morgan fingerprint density at radius 2 is 1.33 bits per heavy atom. The topological polar surface area (TPSA) is 0 Å². The van der Waals surface area contributed by atoms with Gasteiger partial charge in [-0.25, -0.2) is 0 Å². The summed E-state index contributed by atoms with van der Waals surface area (Å²) in [5, 5.41) is 0. The third-order valence-corrected chi connectivity index (χ3v) is 6.93. The van der Waals surface area contributed by atoms with E-state index in [0.717, 1.165) is 0 Å². The number of hydrogen-bond acceptors (Lipinski definition) is 0. The average Bonchev–Trinajstić information content (AvgIpc) is 2.45. The standard InChI is InChI=1S/C11H15.C6H5.Sn/c1-2-3-5-8-11-9-6-4-7-10-11;1-2-4-6-5-3-1;/h4,6-7,9-10H,1-3,5,8H2;1-5H;/q;;+2. The fourth-order valence-electron chi connectivity index (χ4n) is 2.06. The third kappa shape index (κ3) is 5.26. The van der Waals surface area contributed by atoms with Crippen LogP contribution in [-0.4, -0.2) is 21.1 Å². The van der Waals surface area contributed by atoms with Crippen LogP contribution < -0.4 is 3.58 Å². The van der Waals surface area contributed by atoms with Crippen LogP contribution in [0.25, 0.3) is 0 Å². The van der Waals surface area contributed by atoms with Crippen LogP contribution in [0, 0.1) is 0 Å². The number of rotatable bonds is 7. The van der Waals surface area contributed by atoms with Crippen LogP contribution in [0.15, 0.2) is 60.7 Å². The Morgan fingerprint density at radius 1 is 0.667 bits per heavy atom. The number of hydrogen-bond donors (Lipinski definition) is 0. The zero-order valence-electron chi connectivity index (χ0n) is 10.8. The summed E-state index contributed by atoms with van der Waals surface area (Å²) in [7, 11) is 0. The van der Waals surface area contributed by atoms with Gasteiger partial charge < -0.3 is 0 Å². The summed E-state index contributed by atoms with van der Waals surface area (Å²) in [5.74, 6) is 0. The Kier molecular flexibility index (Phi) is 6.35. The van der Waals surface area contributed by atoms with Crippen molar-refractivity contribution in [2.45, 2.75) is 30.1 Å². The van der Waals surface area contributed by atoms with Crippen LogP contribution in [0.5, 0.6) is 0 Å². The maximum atomic E-state index is 2.30. The van der Waals surface area contributed by atoms with Gasteiger partial charge in [-0.15, -0.1) is 0 Å². The first kappa shape index (κ1) is 13.7. The van der Waals surface area contributed by atoms with E-state index in [2.05, 4.69) is 60.7 Å². The van der Waals surface area contributed by atoms with Crippen molar-refractivity contribution in [1.29, 1.82) is 0 Å². The van der Waals surface area contributed by atoms with Gasteiger partial charge in [-0.3, -0.25) is 0 Å². The molecule has 0 aliphatic rings. The van der Waals surface area contributed by atoms with Crippen LogP contribution >= 0.6 is 0 Å². The zero-order valence-corrected chi connectivity index (χ0v) is 13.7. The minimum absolute atomic E-state index is 0.278. The first-order valence-electron chi connectivity index (χ1n) is 6.78. The van der Waals surface area contributed by atoms with E-state index in [1.54, 1.807) is 3.58 Å². The molecule has 0 heterocycles. The van der Waals surface area contributed by atoms with Gasteiger partial charge >= 0.3 is 121 Å². The van der Waals surface area contributed by atoms with Gasteiger partial charge in [-0.2, -0.15) is 0 Å². The van der Waals surface area contributed by atoms with Crippen molar-refractivity contribution in [2.75, 3.05) is 0 Å². The molecule has 90 valence electrons. The fraction of sp³-hybridized carbons (Fsp3) is 0.294. The Bertz CT molecular complexity index is 378. The van der Waals surface area contributed by atoms with E-state index < -0.39 is 0 Å². The molecule has 2 rings (SSSR count). The van der Waals surface area contributed by atoms with Gasteiger partial charge in [0.05, 0.1) is 0 Å². The molecule has 0 saturated carbocycles. The normalized spacial score (nSPS) is 10.0. The van der Waals surface area contributed by atoms with Gasteiger partial charge in [0, 0.05) is 0 Å². The second kappa shape index (κ2) is 8.36. The molecule has 0 N–H and O–H groups in total. The van der Waals surface area contributed by atoms with Crippen LogP contribution in [0.4, 0.5) is 0 Å². The van der Waals surface area contributed by atoms with Crippen molar-refractivity contribution < 1.29 is 0 Å². The van der Waals surface area contributed by atoms with Crippen molar-refractivity contribution in [3.8, 4) is 0 Å². The monoisotopic (exact) mass is 344 g/mol. The average molecular weight is 343 g/mol. The first-order chi connectivity index (χ1) is 8.95. The quantitative estimate of drug-likeness (QED) is 0.529. The van der Waals surface area contributed by atoms with E-state index in [1.165, 1.54) is 35.7 Å². The molecule has 0 aliphatic carbocycles. The molecule has 18 heavy (non-hydrogen) atoms. The predicted octanol–water partition coefficient (Wildman–Crippen LogP) is 3.85. The molecule has 0 atom stereocenters. The van der Waals surface area contributed by atoms with Gasteiger partial charge in [0.2, 0.25) is 0 Å². The molecule has 0 unspecified atom stereocenters. The van der Waals surface area contributed by atoms with Gasteiger partial charge in [-0.05, 0) is 0 Å². The van der Waals surface area contributed by atoms with Crippen LogP contribution in [0.3, 0.4) is 0 Å². The van der Waals surface area contributed by atoms with E-state index in [0.29, 0.717) is 0 Å². The summed E-state index contributed by atoms with van der Waals surface area (Å²) in [6, 6.07) is 21.9. The SMILES string of the molecule is c1ccc(CCCC[CH2][Sn+2][c]2ccccc2)cc1. The summed E-state index contributed by atoms with van der Waals surface area (Å²) >= 11 is -0.278. The zero-order chi connectivity index (χ0) is 12.5. The van der Waals surface area contributed by atoms with E-state index in [9.17, 15) is 0 Å². The van der Waals surface area contributed by atoms with E-state index in [1.807, 2.05) is 0 Å². The molecular weight excluding hydrogens is 323 g/mol. The van der Waals surface area contributed by atoms with Crippen LogP contribution in [0.1, 0.15) is 24.8 Å². The van der Waals surface area contributed by atoms with E-state index in [4.69, 9.17) is 0 Å². The molecule has 0 fully saturated rings. The van der Waals surface area contributed by atoms with Crippen molar-refractivity contribution in [3.63, 3.8) is 0 Å². The molecule has 2 aromatic carbocycles. The maximum absolute atomic E-state index is 2.30. The molecule has 0 aliphatic heterocycles. The third-order valence-electron chi connectivity index (χ3n) is 3.09. The van der Waals surface area contributed by atoms with Crippen LogP contribution in [-0.2, 0) is 6.42 Å². The van der Waals surface area contributed by atoms with Crippen molar-refractivity contribution in [2.24, 2.45) is 0 Å². The van der Waals surface area contributed by atoms with E-state index >= 15 is 0 Å². The fourth-order valence-corrected chi connectivity index (χ4v) is 5.33. The Labute approximate surface area is 121 Å². The molecular formula is C17H20Sn+2. The number of aryl methyl sites for hydroxylation is 1. The summed E-state index contributed by atoms with van der Waals surface area (Å²) in [4.78, 5) is 0. The summed E-state index contributed by atoms with van der Waals surface area (Å²) in [6.07, 6.45) is 5.41. The van der Waals surface area contributed by atoms with E-state index in [-0.39, 0.29) is 21.1 Å². The molecule has 0 spiro atoms. The van der Waals surface area contributed by atoms with Crippen molar-refractivity contribution in [3.05, 3.63) is 66.2 Å². The molecule has 0 amide bonds. The Hall–Kier alpha value is -0.761. The van der Waals surface area contributed by atoms with Gasteiger partial charge in [0.15, 0.2) is 0 Å². The molecule has 0 bridgehead atoms. The van der Waals surface area contributed by atoms with Gasteiger partial charge in [-0.1, -0.05) is 0 Å². The molecule has 1 heteroatoms. The second-order valence-electron chi connectivity index (χ2n) is 4.59. The van der Waals surface area contributed by atoms with Gasteiger partial charge in [0.1, 0.15) is 0 Å². The molecule has 0 aromatic heterocycles. The number of benzene rings is 2. The first-order valence-corrected chi connectivity index (χ1v) is 10.2. The Morgan fingerprint density at radius 3 is 2.06 bits per heavy atom. The van der Waals surface area contributed by atoms with Crippen LogP contribution in [0.2, 0.25) is 4.44 Å².